The minimum Gasteiger partial charge on any atom is -0.376 e. The maximum absolute atomic E-state index is 9.63. The minimum atomic E-state index is -5.05. The Labute approximate surface area is 86.4 Å². The summed E-state index contributed by atoms with van der Waals surface area (Å²) in [5, 5.41) is 8.60. The molecule has 15 heavy (non-hydrogen) atoms. The molecule has 0 fully saturated rings. The fourth-order valence-corrected chi connectivity index (χ4v) is 1.25. The zero-order chi connectivity index (χ0) is 12.9. The molecule has 0 aromatic carbocycles. The number of nitrogens with two attached hydrogens (primary N) is 1. The smallest absolute Gasteiger partial charge is 0.376 e. The molecule has 0 rings (SSSR count). The van der Waals surface area contributed by atoms with Gasteiger partial charge in [0.15, 0.2) is 0 Å². The van der Waals surface area contributed by atoms with Gasteiger partial charge in [-0.15, -0.1) is 0 Å². The number of rotatable bonds is 3. The van der Waals surface area contributed by atoms with E-state index < -0.39 is 21.4 Å². The molecule has 0 bridgehead atoms. The summed E-state index contributed by atoms with van der Waals surface area (Å²) in [7, 11) is -10.1. The lowest BCUT2D eigenvalue weighted by Crippen LogP contribution is -2.34. The fraction of sp³-hybridized carbons (Fsp3) is 1.00. The first-order valence-electron chi connectivity index (χ1n) is 3.60. The first-order chi connectivity index (χ1) is 6.27. The quantitative estimate of drug-likeness (QED) is 0.284. The van der Waals surface area contributed by atoms with Gasteiger partial charge in [0.05, 0.1) is 0 Å². The Morgan fingerprint density at radius 1 is 1.20 bits per heavy atom. The van der Waals surface area contributed by atoms with Gasteiger partial charge in [0.1, 0.15) is 5.72 Å². The lowest BCUT2D eigenvalue weighted by atomic mass is 10.2. The van der Waals surface area contributed by atoms with Gasteiger partial charge < -0.3 is 30.4 Å². The molecule has 7 N–H and O–H groups in total. The highest BCUT2D eigenvalue weighted by Crippen LogP contribution is 2.53. The van der Waals surface area contributed by atoms with Crippen LogP contribution in [0.25, 0.3) is 0 Å². The Bertz CT molecular complexity index is 240. The lowest BCUT2D eigenvalue weighted by molar-refractivity contribution is 0.0632. The molecule has 0 amide bonds. The SMILES string of the molecule is CCC(C)(N)O.O=P(O)(O)OP(=O)(O)O. The summed E-state index contributed by atoms with van der Waals surface area (Å²) in [5.74, 6) is 0. The largest absolute Gasteiger partial charge is 0.478 e. The summed E-state index contributed by atoms with van der Waals surface area (Å²) in [4.78, 5) is 31.0. The molecule has 0 spiro atoms. The van der Waals surface area contributed by atoms with Gasteiger partial charge >= 0.3 is 15.6 Å². The van der Waals surface area contributed by atoms with Crippen LogP contribution in [-0.4, -0.2) is 30.4 Å². The molecule has 1 unspecified atom stereocenters. The Hall–Kier alpha value is 0.180. The molecule has 0 radical (unpaired) electrons. The van der Waals surface area contributed by atoms with E-state index in [9.17, 15) is 9.13 Å². The molecule has 94 valence electrons. The van der Waals surface area contributed by atoms with Crippen LogP contribution in [0.1, 0.15) is 20.3 Å². The van der Waals surface area contributed by atoms with E-state index in [4.69, 9.17) is 30.4 Å². The van der Waals surface area contributed by atoms with Crippen LogP contribution in [-0.2, 0) is 13.4 Å². The van der Waals surface area contributed by atoms with Gasteiger partial charge in [-0.2, -0.15) is 4.31 Å². The first-order valence-corrected chi connectivity index (χ1v) is 6.66. The van der Waals surface area contributed by atoms with Gasteiger partial charge in [-0.05, 0) is 13.3 Å². The highest BCUT2D eigenvalue weighted by atomic mass is 31.3. The van der Waals surface area contributed by atoms with Crippen LogP contribution in [0.3, 0.4) is 0 Å². The van der Waals surface area contributed by atoms with Crippen LogP contribution < -0.4 is 5.73 Å². The molecule has 0 aromatic rings. The number of aliphatic hydroxyl groups is 1. The third-order valence-corrected chi connectivity index (χ3v) is 2.63. The summed E-state index contributed by atoms with van der Waals surface area (Å²) in [6.07, 6.45) is 0.604. The summed E-state index contributed by atoms with van der Waals surface area (Å²) in [5.41, 5.74) is 4.13. The van der Waals surface area contributed by atoms with Gasteiger partial charge in [0.25, 0.3) is 0 Å². The molecule has 0 heterocycles. The maximum atomic E-state index is 9.63. The van der Waals surface area contributed by atoms with E-state index in [1.54, 1.807) is 6.92 Å². The van der Waals surface area contributed by atoms with Crippen molar-refractivity contribution in [3.05, 3.63) is 0 Å². The second-order valence-electron chi connectivity index (χ2n) is 2.77. The molecular formula is C4H15NO8P2. The van der Waals surface area contributed by atoms with Crippen molar-refractivity contribution in [3.8, 4) is 0 Å². The second kappa shape index (κ2) is 6.05. The van der Waals surface area contributed by atoms with Crippen LogP contribution in [0.5, 0.6) is 0 Å². The van der Waals surface area contributed by atoms with Crippen molar-refractivity contribution in [2.24, 2.45) is 5.73 Å². The summed E-state index contributed by atoms with van der Waals surface area (Å²) >= 11 is 0. The summed E-state index contributed by atoms with van der Waals surface area (Å²) < 4.78 is 22.2. The average Bonchev–Trinajstić information content (AvgIpc) is 1.78. The Kier molecular flexibility index (Phi) is 7.09. The van der Waals surface area contributed by atoms with Crippen molar-refractivity contribution in [2.75, 3.05) is 0 Å². The Balaban J connectivity index is 0. The monoisotopic (exact) mass is 267 g/mol. The van der Waals surface area contributed by atoms with Crippen molar-refractivity contribution in [2.45, 2.75) is 26.0 Å². The topological polar surface area (TPSA) is 171 Å². The minimum absolute atomic E-state index is 0.604. The number of phosphoric acid groups is 2. The van der Waals surface area contributed by atoms with Gasteiger partial charge in [0, 0.05) is 0 Å². The van der Waals surface area contributed by atoms with Crippen LogP contribution in [0.4, 0.5) is 0 Å². The van der Waals surface area contributed by atoms with E-state index in [0.29, 0.717) is 6.42 Å². The Morgan fingerprint density at radius 3 is 1.40 bits per heavy atom. The van der Waals surface area contributed by atoms with E-state index in [0.717, 1.165) is 0 Å². The van der Waals surface area contributed by atoms with Gasteiger partial charge in [-0.1, -0.05) is 6.92 Å². The maximum Gasteiger partial charge on any atom is 0.478 e. The van der Waals surface area contributed by atoms with Gasteiger partial charge in [-0.25, -0.2) is 9.13 Å². The highest BCUT2D eigenvalue weighted by Gasteiger charge is 2.27. The van der Waals surface area contributed by atoms with Gasteiger partial charge in [0.2, 0.25) is 0 Å². The van der Waals surface area contributed by atoms with Crippen molar-refractivity contribution in [3.63, 3.8) is 0 Å². The normalized spacial score (nSPS) is 16.3. The average molecular weight is 267 g/mol. The standard InChI is InChI=1S/C4H11NO.H4O7P2/c1-3-4(2,5)6;1-8(2,3)7-9(4,5)6/h6H,3,5H2,1-2H3;(H2,1,2,3)(H2,4,5,6). The highest BCUT2D eigenvalue weighted by molar-refractivity contribution is 7.60. The van der Waals surface area contributed by atoms with Gasteiger partial charge in [-0.3, -0.25) is 0 Å². The van der Waals surface area contributed by atoms with Crippen molar-refractivity contribution < 1.29 is 38.1 Å². The van der Waals surface area contributed by atoms with Crippen molar-refractivity contribution in [1.82, 2.24) is 0 Å². The first kappa shape index (κ1) is 17.6. The molecule has 0 aromatic heterocycles. The van der Waals surface area contributed by atoms with E-state index in [-0.39, 0.29) is 0 Å². The molecule has 0 saturated heterocycles. The molecule has 0 aliphatic carbocycles. The predicted molar refractivity (Wildman–Crippen MR) is 50.3 cm³/mol. The van der Waals surface area contributed by atoms with Crippen LogP contribution in [0, 0.1) is 0 Å². The summed E-state index contributed by atoms with van der Waals surface area (Å²) in [6.45, 7) is 3.41. The van der Waals surface area contributed by atoms with E-state index in [1.165, 1.54) is 0 Å². The zero-order valence-corrected chi connectivity index (χ0v) is 9.93. The number of hydrogen-bond acceptors (Lipinski definition) is 5. The van der Waals surface area contributed by atoms with Crippen LogP contribution >= 0.6 is 15.6 Å². The third-order valence-electron chi connectivity index (χ3n) is 0.929. The molecule has 11 heteroatoms. The zero-order valence-electron chi connectivity index (χ0n) is 8.14. The summed E-state index contributed by atoms with van der Waals surface area (Å²) in [6, 6.07) is 0. The van der Waals surface area contributed by atoms with Crippen LogP contribution in [0.15, 0.2) is 0 Å². The molecule has 9 nitrogen and oxygen atoms in total. The molecule has 0 saturated carbocycles. The fourth-order valence-electron chi connectivity index (χ4n) is 0.139. The Morgan fingerprint density at radius 2 is 1.40 bits per heavy atom. The van der Waals surface area contributed by atoms with E-state index >= 15 is 0 Å². The second-order valence-corrected chi connectivity index (χ2v) is 5.39. The lowest BCUT2D eigenvalue weighted by Gasteiger charge is -2.11. The number of hydrogen-bond donors (Lipinski definition) is 6. The van der Waals surface area contributed by atoms with E-state index in [2.05, 4.69) is 4.31 Å². The van der Waals surface area contributed by atoms with Crippen molar-refractivity contribution >= 4 is 15.6 Å². The molecule has 0 aliphatic heterocycles. The van der Waals surface area contributed by atoms with Crippen LogP contribution in [0.2, 0.25) is 0 Å². The van der Waals surface area contributed by atoms with Crippen molar-refractivity contribution in [1.29, 1.82) is 0 Å². The third kappa shape index (κ3) is 25.0. The predicted octanol–water partition coefficient (Wildman–Crippen LogP) is -0.748. The molecule has 0 aliphatic rings. The molecular weight excluding hydrogens is 252 g/mol. The van der Waals surface area contributed by atoms with E-state index in [1.807, 2.05) is 6.92 Å². The molecule has 1 atom stereocenters.